The van der Waals surface area contributed by atoms with Crippen LogP contribution in [0.5, 0.6) is 0 Å². The van der Waals surface area contributed by atoms with E-state index in [-0.39, 0.29) is 5.41 Å². The fourth-order valence-electron chi connectivity index (χ4n) is 3.14. The van der Waals surface area contributed by atoms with E-state index in [0.717, 1.165) is 16.7 Å². The number of aryl methyl sites for hydroxylation is 1. The molecule has 1 fully saturated rings. The van der Waals surface area contributed by atoms with Crippen LogP contribution in [0.25, 0.3) is 5.03 Å². The Morgan fingerprint density at radius 2 is 1.64 bits per heavy atom. The van der Waals surface area contributed by atoms with Gasteiger partial charge in [0.1, 0.15) is 0 Å². The van der Waals surface area contributed by atoms with Crippen molar-refractivity contribution < 1.29 is 8.42 Å². The molecule has 0 radical (unpaired) electrons. The Balaban J connectivity index is 1.98. The number of nitrogens with zero attached hydrogens (tertiary/aromatic N) is 1. The standard InChI is InChI=1S/C20H22ClNO2S/c1-15-9-11-17(12-10-15)25(23,24)22-13-18(20(2,3)14-22)19(21)16-7-5-4-6-8-16/h4-12H,13-14H2,1-3H3/b19-18+. The Morgan fingerprint density at radius 3 is 2.24 bits per heavy atom. The quantitative estimate of drug-likeness (QED) is 0.781. The van der Waals surface area contributed by atoms with Crippen LogP contribution >= 0.6 is 11.6 Å². The fraction of sp³-hybridized carbons (Fsp3) is 0.300. The molecule has 0 N–H and O–H groups in total. The summed E-state index contributed by atoms with van der Waals surface area (Å²) in [6.45, 7) is 6.75. The van der Waals surface area contributed by atoms with Gasteiger partial charge < -0.3 is 0 Å². The molecule has 0 aliphatic carbocycles. The lowest BCUT2D eigenvalue weighted by molar-refractivity contribution is 0.401. The van der Waals surface area contributed by atoms with Gasteiger partial charge in [0.25, 0.3) is 0 Å². The number of benzene rings is 2. The normalized spacial score (nSPS) is 19.8. The van der Waals surface area contributed by atoms with Gasteiger partial charge in [-0.15, -0.1) is 0 Å². The molecular formula is C20H22ClNO2S. The van der Waals surface area contributed by atoms with E-state index in [1.165, 1.54) is 4.31 Å². The Kier molecular flexibility index (Phi) is 4.80. The second-order valence-electron chi connectivity index (χ2n) is 7.13. The maximum Gasteiger partial charge on any atom is 0.243 e. The van der Waals surface area contributed by atoms with Gasteiger partial charge in [0, 0.05) is 23.5 Å². The molecule has 3 rings (SSSR count). The summed E-state index contributed by atoms with van der Waals surface area (Å²) in [6.07, 6.45) is 0. The Morgan fingerprint density at radius 1 is 1.04 bits per heavy atom. The van der Waals surface area contributed by atoms with E-state index in [1.807, 2.05) is 63.2 Å². The summed E-state index contributed by atoms with van der Waals surface area (Å²) in [7, 11) is -3.53. The predicted octanol–water partition coefficient (Wildman–Crippen LogP) is 4.68. The van der Waals surface area contributed by atoms with Crippen molar-refractivity contribution in [3.05, 3.63) is 71.3 Å². The van der Waals surface area contributed by atoms with E-state index in [4.69, 9.17) is 11.6 Å². The Bertz CT molecular complexity index is 900. The molecule has 0 amide bonds. The topological polar surface area (TPSA) is 37.4 Å². The molecule has 2 aromatic rings. The van der Waals surface area contributed by atoms with Crippen molar-refractivity contribution >= 4 is 26.7 Å². The van der Waals surface area contributed by atoms with Crippen molar-refractivity contribution in [3.63, 3.8) is 0 Å². The summed E-state index contributed by atoms with van der Waals surface area (Å²) >= 11 is 6.64. The van der Waals surface area contributed by atoms with Crippen LogP contribution in [0.2, 0.25) is 0 Å². The van der Waals surface area contributed by atoms with E-state index in [2.05, 4.69) is 0 Å². The van der Waals surface area contributed by atoms with Gasteiger partial charge in [0.05, 0.1) is 4.90 Å². The molecule has 1 aliphatic rings. The lowest BCUT2D eigenvalue weighted by atomic mass is 9.86. The zero-order chi connectivity index (χ0) is 18.2. The maximum absolute atomic E-state index is 13.0. The van der Waals surface area contributed by atoms with Crippen LogP contribution in [0.4, 0.5) is 0 Å². The molecule has 3 nitrogen and oxygen atoms in total. The molecule has 5 heteroatoms. The lowest BCUT2D eigenvalue weighted by Crippen LogP contribution is -2.30. The van der Waals surface area contributed by atoms with Crippen LogP contribution in [0.3, 0.4) is 0 Å². The maximum atomic E-state index is 13.0. The number of halogens is 1. The average molecular weight is 376 g/mol. The molecule has 0 aromatic heterocycles. The summed E-state index contributed by atoms with van der Waals surface area (Å²) in [4.78, 5) is 0.325. The lowest BCUT2D eigenvalue weighted by Gasteiger charge is -2.21. The zero-order valence-corrected chi connectivity index (χ0v) is 16.2. The van der Waals surface area contributed by atoms with Crippen molar-refractivity contribution in [2.24, 2.45) is 5.41 Å². The van der Waals surface area contributed by atoms with Crippen LogP contribution in [-0.2, 0) is 10.0 Å². The van der Waals surface area contributed by atoms with Crippen LogP contribution in [0.15, 0.2) is 65.1 Å². The first kappa shape index (κ1) is 18.2. The van der Waals surface area contributed by atoms with Crippen molar-refractivity contribution in [1.29, 1.82) is 0 Å². The smallest absolute Gasteiger partial charge is 0.207 e. The highest BCUT2D eigenvalue weighted by molar-refractivity contribution is 7.89. The Hall–Kier alpha value is -1.62. The van der Waals surface area contributed by atoms with Crippen LogP contribution < -0.4 is 0 Å². The van der Waals surface area contributed by atoms with Gasteiger partial charge in [-0.25, -0.2) is 8.42 Å². The summed E-state index contributed by atoms with van der Waals surface area (Å²) in [5, 5.41) is 0.646. The molecule has 1 saturated heterocycles. The van der Waals surface area contributed by atoms with E-state index < -0.39 is 10.0 Å². The largest absolute Gasteiger partial charge is 0.243 e. The van der Waals surface area contributed by atoms with Gasteiger partial charge in [0.15, 0.2) is 0 Å². The first-order valence-electron chi connectivity index (χ1n) is 8.23. The molecule has 1 aliphatic heterocycles. The Labute approximate surface area is 155 Å². The molecule has 2 aromatic carbocycles. The van der Waals surface area contributed by atoms with Crippen molar-refractivity contribution in [2.45, 2.75) is 25.7 Å². The third-order valence-corrected chi connectivity index (χ3v) is 6.93. The fourth-order valence-corrected chi connectivity index (χ4v) is 5.15. The van der Waals surface area contributed by atoms with Gasteiger partial charge in [-0.1, -0.05) is 73.5 Å². The molecule has 0 unspecified atom stereocenters. The van der Waals surface area contributed by atoms with Crippen LogP contribution in [0, 0.1) is 12.3 Å². The third kappa shape index (κ3) is 3.52. The predicted molar refractivity (Wildman–Crippen MR) is 103 cm³/mol. The second-order valence-corrected chi connectivity index (χ2v) is 9.44. The minimum atomic E-state index is -3.53. The second kappa shape index (κ2) is 6.60. The van der Waals surface area contributed by atoms with E-state index >= 15 is 0 Å². The van der Waals surface area contributed by atoms with Gasteiger partial charge in [-0.2, -0.15) is 4.31 Å². The van der Waals surface area contributed by atoms with Crippen LogP contribution in [-0.4, -0.2) is 25.8 Å². The van der Waals surface area contributed by atoms with E-state index in [1.54, 1.807) is 12.1 Å². The first-order chi connectivity index (χ1) is 11.7. The van der Waals surface area contributed by atoms with Gasteiger partial charge in [0.2, 0.25) is 10.0 Å². The molecule has 132 valence electrons. The van der Waals surface area contributed by atoms with Gasteiger partial charge >= 0.3 is 0 Å². The molecule has 0 saturated carbocycles. The summed E-state index contributed by atoms with van der Waals surface area (Å²) in [5.74, 6) is 0. The van der Waals surface area contributed by atoms with Crippen LogP contribution in [0.1, 0.15) is 25.0 Å². The number of hydrogen-bond acceptors (Lipinski definition) is 2. The SMILES string of the molecule is Cc1ccc(S(=O)(=O)N2C/C(=C(\Cl)c3ccccc3)C(C)(C)C2)cc1. The molecule has 0 atom stereocenters. The molecule has 0 bridgehead atoms. The highest BCUT2D eigenvalue weighted by Gasteiger charge is 2.42. The summed E-state index contributed by atoms with van der Waals surface area (Å²) < 4.78 is 27.5. The zero-order valence-electron chi connectivity index (χ0n) is 14.7. The summed E-state index contributed by atoms with van der Waals surface area (Å²) in [6, 6.07) is 16.7. The molecule has 0 spiro atoms. The monoisotopic (exact) mass is 375 g/mol. The minimum Gasteiger partial charge on any atom is -0.207 e. The minimum absolute atomic E-state index is 0.315. The summed E-state index contributed by atoms with van der Waals surface area (Å²) in [5.41, 5.74) is 2.59. The number of rotatable bonds is 3. The highest BCUT2D eigenvalue weighted by Crippen LogP contribution is 2.42. The highest BCUT2D eigenvalue weighted by atomic mass is 35.5. The average Bonchev–Trinajstić information content (AvgIpc) is 2.91. The number of sulfonamides is 1. The molecular weight excluding hydrogens is 354 g/mol. The third-order valence-electron chi connectivity index (χ3n) is 4.67. The van der Waals surface area contributed by atoms with Crippen molar-refractivity contribution in [2.75, 3.05) is 13.1 Å². The molecule has 25 heavy (non-hydrogen) atoms. The van der Waals surface area contributed by atoms with Gasteiger partial charge in [-0.3, -0.25) is 0 Å². The van der Waals surface area contributed by atoms with E-state index in [0.29, 0.717) is 23.0 Å². The van der Waals surface area contributed by atoms with Crippen molar-refractivity contribution in [3.8, 4) is 0 Å². The van der Waals surface area contributed by atoms with Gasteiger partial charge in [-0.05, 0) is 30.2 Å². The first-order valence-corrected chi connectivity index (χ1v) is 10.0. The number of hydrogen-bond donors (Lipinski definition) is 0. The molecule has 1 heterocycles. The van der Waals surface area contributed by atoms with Crippen molar-refractivity contribution in [1.82, 2.24) is 4.31 Å². The van der Waals surface area contributed by atoms with E-state index in [9.17, 15) is 8.42 Å².